The summed E-state index contributed by atoms with van der Waals surface area (Å²) in [7, 11) is 3.98. The van der Waals surface area contributed by atoms with Crippen molar-refractivity contribution in [1.82, 2.24) is 14.9 Å². The van der Waals surface area contributed by atoms with Gasteiger partial charge in [-0.3, -0.25) is 9.80 Å². The predicted molar refractivity (Wildman–Crippen MR) is 134 cm³/mol. The van der Waals surface area contributed by atoms with Gasteiger partial charge in [0.25, 0.3) is 0 Å². The maximum absolute atomic E-state index is 13.5. The SMILES string of the molecule is CN(C)CCN1C(=O)N(c2ccccc2Cl)Cc2cnc(C/C=C/Cc3ccccc3)nc21. The van der Waals surface area contributed by atoms with E-state index in [1.165, 1.54) is 5.56 Å². The number of likely N-dealkylation sites (N-methyl/N-ethyl adjacent to an activating group) is 1. The summed E-state index contributed by atoms with van der Waals surface area (Å²) in [5, 5.41) is 0.544. The number of allylic oxidation sites excluding steroid dienone is 2. The molecular formula is C26H28ClN5O. The average Bonchev–Trinajstić information content (AvgIpc) is 2.82. The number of aromatic nitrogens is 2. The monoisotopic (exact) mass is 461 g/mol. The Hall–Kier alpha value is -3.22. The Morgan fingerprint density at radius 3 is 2.52 bits per heavy atom. The van der Waals surface area contributed by atoms with Gasteiger partial charge in [-0.25, -0.2) is 14.8 Å². The molecule has 3 aromatic rings. The van der Waals surface area contributed by atoms with Crippen LogP contribution in [0.3, 0.4) is 0 Å². The first-order valence-corrected chi connectivity index (χ1v) is 11.4. The summed E-state index contributed by atoms with van der Waals surface area (Å²) in [6, 6.07) is 17.6. The van der Waals surface area contributed by atoms with Crippen LogP contribution in [0.1, 0.15) is 17.0 Å². The van der Waals surface area contributed by atoms with Crippen LogP contribution in [0.4, 0.5) is 16.3 Å². The molecule has 0 fully saturated rings. The molecule has 1 aromatic heterocycles. The fraction of sp³-hybridized carbons (Fsp3) is 0.269. The van der Waals surface area contributed by atoms with E-state index in [0.29, 0.717) is 41.9 Å². The summed E-state index contributed by atoms with van der Waals surface area (Å²) in [5.74, 6) is 1.39. The van der Waals surface area contributed by atoms with E-state index in [4.69, 9.17) is 16.6 Å². The second-order valence-electron chi connectivity index (χ2n) is 8.28. The lowest BCUT2D eigenvalue weighted by molar-refractivity contribution is 0.249. The summed E-state index contributed by atoms with van der Waals surface area (Å²) < 4.78 is 0. The van der Waals surface area contributed by atoms with Gasteiger partial charge in [-0.15, -0.1) is 0 Å². The van der Waals surface area contributed by atoms with Crippen molar-refractivity contribution < 1.29 is 4.79 Å². The molecule has 2 amide bonds. The highest BCUT2D eigenvalue weighted by Crippen LogP contribution is 2.33. The molecule has 4 rings (SSSR count). The zero-order valence-electron chi connectivity index (χ0n) is 19.0. The largest absolute Gasteiger partial charge is 0.330 e. The second kappa shape index (κ2) is 10.6. The second-order valence-corrected chi connectivity index (χ2v) is 8.68. The minimum atomic E-state index is -0.123. The lowest BCUT2D eigenvalue weighted by atomic mass is 10.1. The van der Waals surface area contributed by atoms with Crippen LogP contribution in [-0.2, 0) is 19.4 Å². The van der Waals surface area contributed by atoms with Crippen molar-refractivity contribution >= 4 is 29.1 Å². The number of nitrogens with zero attached hydrogens (tertiary/aromatic N) is 5. The molecule has 0 radical (unpaired) electrons. The molecule has 33 heavy (non-hydrogen) atoms. The van der Waals surface area contributed by atoms with Crippen LogP contribution in [0.15, 0.2) is 72.9 Å². The third-order valence-electron chi connectivity index (χ3n) is 5.52. The number of hydrogen-bond acceptors (Lipinski definition) is 4. The number of fused-ring (bicyclic) bond motifs is 1. The fourth-order valence-electron chi connectivity index (χ4n) is 3.73. The van der Waals surface area contributed by atoms with Crippen molar-refractivity contribution in [3.05, 3.63) is 94.9 Å². The van der Waals surface area contributed by atoms with Gasteiger partial charge in [0.2, 0.25) is 0 Å². The lowest BCUT2D eigenvalue weighted by Gasteiger charge is -2.36. The molecule has 0 saturated heterocycles. The quantitative estimate of drug-likeness (QED) is 0.444. The van der Waals surface area contributed by atoms with E-state index in [9.17, 15) is 4.79 Å². The number of benzene rings is 2. The predicted octanol–water partition coefficient (Wildman–Crippen LogP) is 4.98. The van der Waals surface area contributed by atoms with E-state index >= 15 is 0 Å². The number of rotatable bonds is 8. The smallest absolute Gasteiger partial charge is 0.308 e. The molecule has 0 saturated carbocycles. The Labute approximate surface area is 200 Å². The van der Waals surface area contributed by atoms with Crippen LogP contribution in [-0.4, -0.2) is 48.1 Å². The van der Waals surface area contributed by atoms with E-state index in [1.54, 1.807) is 15.9 Å². The van der Waals surface area contributed by atoms with Crippen LogP contribution < -0.4 is 9.80 Å². The number of halogens is 1. The number of carbonyl (C=O) groups is 1. The minimum Gasteiger partial charge on any atom is -0.308 e. The van der Waals surface area contributed by atoms with Gasteiger partial charge in [0.15, 0.2) is 0 Å². The van der Waals surface area contributed by atoms with Gasteiger partial charge < -0.3 is 4.90 Å². The highest BCUT2D eigenvalue weighted by molar-refractivity contribution is 6.34. The van der Waals surface area contributed by atoms with Crippen molar-refractivity contribution in [2.45, 2.75) is 19.4 Å². The number of para-hydroxylation sites is 1. The molecule has 6 nitrogen and oxygen atoms in total. The summed E-state index contributed by atoms with van der Waals surface area (Å²) in [6.45, 7) is 1.64. The maximum atomic E-state index is 13.5. The van der Waals surface area contributed by atoms with Gasteiger partial charge in [0, 0.05) is 31.3 Å². The highest BCUT2D eigenvalue weighted by atomic mass is 35.5. The van der Waals surface area contributed by atoms with Crippen molar-refractivity contribution in [2.75, 3.05) is 37.0 Å². The third-order valence-corrected chi connectivity index (χ3v) is 5.83. The molecule has 2 aromatic carbocycles. The first kappa shape index (κ1) is 23.0. The molecule has 7 heteroatoms. The third kappa shape index (κ3) is 5.59. The Bertz CT molecular complexity index is 1130. The molecule has 0 aliphatic carbocycles. The number of anilines is 2. The highest BCUT2D eigenvalue weighted by Gasteiger charge is 2.33. The first-order chi connectivity index (χ1) is 16.0. The van der Waals surface area contributed by atoms with Crippen molar-refractivity contribution in [3.8, 4) is 0 Å². The lowest BCUT2D eigenvalue weighted by Crippen LogP contribution is -2.50. The average molecular weight is 462 g/mol. The van der Waals surface area contributed by atoms with Crippen LogP contribution in [0.25, 0.3) is 0 Å². The number of hydrogen-bond donors (Lipinski definition) is 0. The van der Waals surface area contributed by atoms with Crippen molar-refractivity contribution in [1.29, 1.82) is 0 Å². The zero-order valence-corrected chi connectivity index (χ0v) is 19.7. The van der Waals surface area contributed by atoms with Crippen LogP contribution in [0.5, 0.6) is 0 Å². The van der Waals surface area contributed by atoms with Gasteiger partial charge in [-0.2, -0.15) is 0 Å². The molecule has 170 valence electrons. The summed E-state index contributed by atoms with van der Waals surface area (Å²) in [6.07, 6.45) is 7.53. The maximum Gasteiger partial charge on any atom is 0.330 e. The normalized spacial score (nSPS) is 13.8. The Morgan fingerprint density at radius 2 is 1.76 bits per heavy atom. The number of amides is 2. The van der Waals surface area contributed by atoms with E-state index in [-0.39, 0.29) is 6.03 Å². The molecule has 0 bridgehead atoms. The van der Waals surface area contributed by atoms with Gasteiger partial charge >= 0.3 is 6.03 Å². The number of urea groups is 1. The standard InChI is InChI=1S/C26H28ClN5O/c1-30(2)16-17-31-25-21(19-32(26(31)33)23-14-8-7-13-22(23)27)18-28-24(29-25)15-9-6-12-20-10-4-3-5-11-20/h3-11,13-14,18H,12,15-17,19H2,1-2H3/b9-6+. The minimum absolute atomic E-state index is 0.123. The van der Waals surface area contributed by atoms with Gasteiger partial charge in [0.05, 0.1) is 17.3 Å². The van der Waals surface area contributed by atoms with Crippen LogP contribution in [0, 0.1) is 0 Å². The molecule has 2 heterocycles. The molecule has 1 aliphatic heterocycles. The van der Waals surface area contributed by atoms with Crippen molar-refractivity contribution in [2.24, 2.45) is 0 Å². The summed E-state index contributed by atoms with van der Waals surface area (Å²) >= 11 is 6.41. The fourth-order valence-corrected chi connectivity index (χ4v) is 3.97. The van der Waals surface area contributed by atoms with E-state index in [1.807, 2.05) is 56.7 Å². The van der Waals surface area contributed by atoms with Crippen LogP contribution in [0.2, 0.25) is 5.02 Å². The van der Waals surface area contributed by atoms with E-state index in [0.717, 1.165) is 18.5 Å². The van der Waals surface area contributed by atoms with Gasteiger partial charge in [0.1, 0.15) is 11.6 Å². The van der Waals surface area contributed by atoms with Crippen LogP contribution >= 0.6 is 11.6 Å². The summed E-state index contributed by atoms with van der Waals surface area (Å²) in [5.41, 5.74) is 2.86. The van der Waals surface area contributed by atoms with E-state index < -0.39 is 0 Å². The van der Waals surface area contributed by atoms with Gasteiger partial charge in [-0.05, 0) is 38.2 Å². The Balaban J connectivity index is 1.56. The van der Waals surface area contributed by atoms with Gasteiger partial charge in [-0.1, -0.05) is 66.2 Å². The molecular weight excluding hydrogens is 434 g/mol. The van der Waals surface area contributed by atoms with E-state index in [2.05, 4.69) is 34.2 Å². The molecule has 0 atom stereocenters. The molecule has 0 spiro atoms. The molecule has 1 aliphatic rings. The zero-order chi connectivity index (χ0) is 23.2. The van der Waals surface area contributed by atoms with Crippen molar-refractivity contribution in [3.63, 3.8) is 0 Å². The summed E-state index contributed by atoms with van der Waals surface area (Å²) in [4.78, 5) is 28.3. The Morgan fingerprint density at radius 1 is 1.03 bits per heavy atom. The Kier molecular flexibility index (Phi) is 7.37. The first-order valence-electron chi connectivity index (χ1n) is 11.0. The number of carbonyl (C=O) groups excluding carboxylic acids is 1. The molecule has 0 N–H and O–H groups in total. The topological polar surface area (TPSA) is 52.6 Å². The molecule has 0 unspecified atom stereocenters.